The van der Waals surface area contributed by atoms with Crippen LogP contribution in [-0.2, 0) is 0 Å². The average molecular weight is 225 g/mol. The van der Waals surface area contributed by atoms with Crippen LogP contribution in [0.2, 0.25) is 0 Å². The third kappa shape index (κ3) is 2.97. The first-order valence-corrected chi connectivity index (χ1v) is 4.73. The summed E-state index contributed by atoms with van der Waals surface area (Å²) >= 11 is 1.09. The topological polar surface area (TPSA) is 43.3 Å². The summed E-state index contributed by atoms with van der Waals surface area (Å²) in [6.45, 7) is 0. The lowest BCUT2D eigenvalue weighted by Crippen LogP contribution is -2.33. The van der Waals surface area contributed by atoms with E-state index in [2.05, 4.69) is 0 Å². The molecule has 0 aromatic carbocycles. The van der Waals surface area contributed by atoms with Crippen LogP contribution in [0.3, 0.4) is 0 Å². The molecule has 80 valence electrons. The fourth-order valence-electron chi connectivity index (χ4n) is 0.927. The zero-order valence-electron chi connectivity index (χ0n) is 6.99. The maximum Gasteiger partial charge on any atom is 0.414 e. The molecule has 1 heterocycles. The minimum atomic E-state index is -4.71. The van der Waals surface area contributed by atoms with E-state index in [0.717, 1.165) is 11.3 Å². The van der Waals surface area contributed by atoms with E-state index in [-0.39, 0.29) is 0 Å². The smallest absolute Gasteiger partial charge is 0.414 e. The van der Waals surface area contributed by atoms with Crippen LogP contribution in [-0.4, -0.2) is 17.4 Å². The number of rotatable bonds is 3. The van der Waals surface area contributed by atoms with Crippen LogP contribution in [0.25, 0.3) is 0 Å². The van der Waals surface area contributed by atoms with Crippen molar-refractivity contribution in [2.75, 3.05) is 0 Å². The lowest BCUT2D eigenvalue weighted by atomic mass is 10.1. The molecule has 6 heteroatoms. The SMILES string of the molecule is [O-]C(CC(O)C(F)(F)F)c1cccs1. The zero-order valence-corrected chi connectivity index (χ0v) is 7.81. The highest BCUT2D eigenvalue weighted by atomic mass is 32.1. The number of halogens is 3. The Morgan fingerprint density at radius 2 is 2.14 bits per heavy atom. The maximum absolute atomic E-state index is 11.9. The van der Waals surface area contributed by atoms with Gasteiger partial charge in [0.25, 0.3) is 0 Å². The molecule has 0 spiro atoms. The summed E-state index contributed by atoms with van der Waals surface area (Å²) in [5, 5.41) is 21.4. The molecule has 1 rings (SSSR count). The molecular formula is C8H8F3O2S-. The molecule has 1 aromatic heterocycles. The first-order chi connectivity index (χ1) is 6.41. The summed E-state index contributed by atoms with van der Waals surface area (Å²) in [4.78, 5) is 0.313. The quantitative estimate of drug-likeness (QED) is 0.846. The summed E-state index contributed by atoms with van der Waals surface area (Å²) < 4.78 is 35.6. The van der Waals surface area contributed by atoms with Gasteiger partial charge >= 0.3 is 6.18 Å². The van der Waals surface area contributed by atoms with E-state index < -0.39 is 24.8 Å². The molecule has 0 bridgehead atoms. The Morgan fingerprint density at radius 1 is 1.50 bits per heavy atom. The molecule has 14 heavy (non-hydrogen) atoms. The van der Waals surface area contributed by atoms with Crippen LogP contribution in [0.1, 0.15) is 17.4 Å². The second-order valence-corrected chi connectivity index (χ2v) is 3.78. The van der Waals surface area contributed by atoms with Crippen LogP contribution in [0.4, 0.5) is 13.2 Å². The standard InChI is InChI=1S/C8H8F3O2S/c9-8(10,11)7(13)4-5(12)6-2-1-3-14-6/h1-3,5,7,13H,4H2/q-1. The van der Waals surface area contributed by atoms with E-state index in [1.165, 1.54) is 6.07 Å². The Bertz CT molecular complexity index is 271. The number of thiophene rings is 1. The van der Waals surface area contributed by atoms with E-state index in [1.54, 1.807) is 11.4 Å². The predicted molar refractivity (Wildman–Crippen MR) is 43.7 cm³/mol. The van der Waals surface area contributed by atoms with Gasteiger partial charge in [0.2, 0.25) is 0 Å². The Morgan fingerprint density at radius 3 is 2.57 bits per heavy atom. The maximum atomic E-state index is 11.9. The van der Waals surface area contributed by atoms with Crippen molar-refractivity contribution >= 4 is 11.3 Å². The van der Waals surface area contributed by atoms with Crippen molar-refractivity contribution in [1.82, 2.24) is 0 Å². The number of aliphatic hydroxyl groups excluding tert-OH is 1. The summed E-state index contributed by atoms with van der Waals surface area (Å²) in [6.07, 6.45) is -9.58. The third-order valence-corrected chi connectivity index (χ3v) is 2.64. The Labute approximate surface area is 82.6 Å². The molecule has 1 N–H and O–H groups in total. The largest absolute Gasteiger partial charge is 0.848 e. The van der Waals surface area contributed by atoms with Gasteiger partial charge in [-0.15, -0.1) is 0 Å². The fourth-order valence-corrected chi connectivity index (χ4v) is 1.65. The monoisotopic (exact) mass is 225 g/mol. The molecule has 0 amide bonds. The highest BCUT2D eigenvalue weighted by Gasteiger charge is 2.38. The van der Waals surface area contributed by atoms with Gasteiger partial charge in [0, 0.05) is 0 Å². The molecular weight excluding hydrogens is 217 g/mol. The summed E-state index contributed by atoms with van der Waals surface area (Å²) in [5.41, 5.74) is 0. The average Bonchev–Trinajstić information content (AvgIpc) is 2.53. The number of alkyl halides is 3. The van der Waals surface area contributed by atoms with Gasteiger partial charge in [-0.05, 0) is 22.7 Å². The van der Waals surface area contributed by atoms with Crippen LogP contribution in [0.5, 0.6) is 0 Å². The summed E-state index contributed by atoms with van der Waals surface area (Å²) in [5.74, 6) is 0. The van der Waals surface area contributed by atoms with Gasteiger partial charge in [0.15, 0.2) is 0 Å². The second-order valence-electron chi connectivity index (χ2n) is 2.80. The second kappa shape index (κ2) is 4.29. The summed E-state index contributed by atoms with van der Waals surface area (Å²) in [6, 6.07) is 3.05. The van der Waals surface area contributed by atoms with Crippen LogP contribution in [0, 0.1) is 0 Å². The van der Waals surface area contributed by atoms with Gasteiger partial charge in [-0.2, -0.15) is 24.5 Å². The van der Waals surface area contributed by atoms with E-state index in [1.807, 2.05) is 0 Å². The highest BCUT2D eigenvalue weighted by Crippen LogP contribution is 2.28. The van der Waals surface area contributed by atoms with Crippen molar-refractivity contribution in [3.8, 4) is 0 Å². The van der Waals surface area contributed by atoms with Gasteiger partial charge in [0.05, 0.1) is 0 Å². The molecule has 0 aliphatic carbocycles. The predicted octanol–water partition coefficient (Wildman–Crippen LogP) is 1.46. The highest BCUT2D eigenvalue weighted by molar-refractivity contribution is 7.10. The van der Waals surface area contributed by atoms with Gasteiger partial charge in [-0.1, -0.05) is 12.2 Å². The molecule has 0 saturated heterocycles. The zero-order chi connectivity index (χ0) is 10.8. The van der Waals surface area contributed by atoms with Crippen molar-refractivity contribution in [2.45, 2.75) is 24.8 Å². The van der Waals surface area contributed by atoms with Crippen molar-refractivity contribution in [3.05, 3.63) is 22.4 Å². The number of hydrogen-bond acceptors (Lipinski definition) is 3. The van der Waals surface area contributed by atoms with Gasteiger partial charge < -0.3 is 10.2 Å². The molecule has 2 nitrogen and oxygen atoms in total. The van der Waals surface area contributed by atoms with Crippen molar-refractivity contribution < 1.29 is 23.4 Å². The van der Waals surface area contributed by atoms with Crippen LogP contribution < -0.4 is 5.11 Å². The third-order valence-electron chi connectivity index (χ3n) is 1.68. The van der Waals surface area contributed by atoms with Crippen molar-refractivity contribution in [1.29, 1.82) is 0 Å². The Balaban J connectivity index is 2.53. The van der Waals surface area contributed by atoms with Crippen LogP contribution in [0.15, 0.2) is 17.5 Å². The van der Waals surface area contributed by atoms with E-state index in [0.29, 0.717) is 4.88 Å². The Hall–Kier alpha value is -0.590. The molecule has 0 saturated carbocycles. The van der Waals surface area contributed by atoms with Gasteiger partial charge in [-0.3, -0.25) is 0 Å². The number of aliphatic hydroxyl groups is 1. The Kier molecular flexibility index (Phi) is 3.52. The molecule has 0 fully saturated rings. The lowest BCUT2D eigenvalue weighted by molar-refractivity contribution is -0.433. The summed E-state index contributed by atoms with van der Waals surface area (Å²) in [7, 11) is 0. The van der Waals surface area contributed by atoms with Crippen molar-refractivity contribution in [2.24, 2.45) is 0 Å². The molecule has 2 unspecified atom stereocenters. The molecule has 0 aliphatic heterocycles. The van der Waals surface area contributed by atoms with E-state index in [9.17, 15) is 18.3 Å². The van der Waals surface area contributed by atoms with Crippen molar-refractivity contribution in [3.63, 3.8) is 0 Å². The minimum Gasteiger partial charge on any atom is -0.848 e. The molecule has 0 radical (unpaired) electrons. The van der Waals surface area contributed by atoms with Gasteiger partial charge in [-0.25, -0.2) is 0 Å². The van der Waals surface area contributed by atoms with E-state index >= 15 is 0 Å². The first-order valence-electron chi connectivity index (χ1n) is 3.85. The fraction of sp³-hybridized carbons (Fsp3) is 0.500. The molecule has 1 aromatic rings. The lowest BCUT2D eigenvalue weighted by Gasteiger charge is -2.25. The number of hydrogen-bond donors (Lipinski definition) is 1. The molecule has 0 aliphatic rings. The van der Waals surface area contributed by atoms with Crippen LogP contribution >= 0.6 is 11.3 Å². The minimum absolute atomic E-state index is 0.313. The first kappa shape index (κ1) is 11.5. The van der Waals surface area contributed by atoms with Gasteiger partial charge in [0.1, 0.15) is 6.10 Å². The normalized spacial score (nSPS) is 16.6. The molecule has 2 atom stereocenters. The van der Waals surface area contributed by atoms with E-state index in [4.69, 9.17) is 5.11 Å².